The van der Waals surface area contributed by atoms with E-state index in [9.17, 15) is 0 Å². The van der Waals surface area contributed by atoms with Crippen LogP contribution in [-0.4, -0.2) is 36.2 Å². The third-order valence-corrected chi connectivity index (χ3v) is 4.80. The second-order valence-corrected chi connectivity index (χ2v) is 6.22. The molecule has 8 heteroatoms. The Morgan fingerprint density at radius 2 is 1.92 bits per heavy atom. The molecule has 3 rings (SSSR count). The van der Waals surface area contributed by atoms with Crippen molar-refractivity contribution in [1.29, 1.82) is 0 Å². The van der Waals surface area contributed by atoms with Gasteiger partial charge in [-0.3, -0.25) is 0 Å². The lowest BCUT2D eigenvalue weighted by Gasteiger charge is -2.22. The maximum atomic E-state index is 5.44. The molecule has 2 atom stereocenters. The van der Waals surface area contributed by atoms with Gasteiger partial charge in [0.05, 0.1) is 12.7 Å². The van der Waals surface area contributed by atoms with E-state index in [0.29, 0.717) is 6.04 Å². The van der Waals surface area contributed by atoms with Gasteiger partial charge in [-0.1, -0.05) is 12.1 Å². The van der Waals surface area contributed by atoms with Crippen molar-refractivity contribution in [2.45, 2.75) is 33.1 Å². The predicted octanol–water partition coefficient (Wildman–Crippen LogP) is 1.25. The van der Waals surface area contributed by atoms with Crippen molar-refractivity contribution in [3.8, 4) is 5.69 Å². The molecule has 0 radical (unpaired) electrons. The fourth-order valence-corrected chi connectivity index (χ4v) is 2.90. The highest BCUT2D eigenvalue weighted by Crippen LogP contribution is 2.13. The third-order valence-electron chi connectivity index (χ3n) is 4.35. The van der Waals surface area contributed by atoms with E-state index in [2.05, 4.69) is 60.3 Å². The summed E-state index contributed by atoms with van der Waals surface area (Å²) >= 11 is 5.44. The number of hydrogen-bond donors (Lipinski definition) is 1. The van der Waals surface area contributed by atoms with Crippen molar-refractivity contribution in [3.63, 3.8) is 0 Å². The molecule has 0 saturated carbocycles. The standard InChI is InChI=1S/C16H21N7S/c1-4-21-11-19-23(16(21)24)12-20(3)13(2)14-5-7-15(8-6-14)22-10-17-9-18-22/h5-11,13H,4,12H2,1-3H3/p+1/t13-/m1/s1. The van der Waals surface area contributed by atoms with E-state index in [1.165, 1.54) is 16.8 Å². The predicted molar refractivity (Wildman–Crippen MR) is 93.4 cm³/mol. The molecule has 0 fully saturated rings. The molecule has 0 spiro atoms. The minimum absolute atomic E-state index is 0.323. The number of benzene rings is 1. The molecule has 2 aromatic heterocycles. The maximum absolute atomic E-state index is 5.44. The summed E-state index contributed by atoms with van der Waals surface area (Å²) in [5.74, 6) is 0. The molecule has 0 aliphatic rings. The minimum atomic E-state index is 0.323. The van der Waals surface area contributed by atoms with Gasteiger partial charge in [-0.2, -0.15) is 14.9 Å². The number of hydrogen-bond acceptors (Lipinski definition) is 4. The highest BCUT2D eigenvalue weighted by Gasteiger charge is 2.17. The smallest absolute Gasteiger partial charge is 0.202 e. The van der Waals surface area contributed by atoms with Crippen LogP contribution in [0.25, 0.3) is 5.69 Å². The first-order valence-corrected chi connectivity index (χ1v) is 8.40. The van der Waals surface area contributed by atoms with Gasteiger partial charge in [0.2, 0.25) is 4.77 Å². The molecule has 1 N–H and O–H groups in total. The summed E-state index contributed by atoms with van der Waals surface area (Å²) in [7, 11) is 2.16. The summed E-state index contributed by atoms with van der Waals surface area (Å²) in [4.78, 5) is 5.29. The molecule has 126 valence electrons. The zero-order valence-corrected chi connectivity index (χ0v) is 14.9. The number of aromatic nitrogens is 6. The van der Waals surface area contributed by atoms with Crippen molar-refractivity contribution in [2.75, 3.05) is 7.05 Å². The largest absolute Gasteiger partial charge is 0.313 e. The summed E-state index contributed by atoms with van der Waals surface area (Å²) in [6.45, 7) is 5.85. The molecular weight excluding hydrogens is 322 g/mol. The zero-order valence-electron chi connectivity index (χ0n) is 14.1. The Balaban J connectivity index is 1.72. The highest BCUT2D eigenvalue weighted by molar-refractivity contribution is 7.71. The molecule has 0 bridgehead atoms. The van der Waals surface area contributed by atoms with Crippen molar-refractivity contribution in [3.05, 3.63) is 53.6 Å². The van der Waals surface area contributed by atoms with Crippen LogP contribution in [-0.2, 0) is 13.2 Å². The van der Waals surface area contributed by atoms with Gasteiger partial charge in [-0.05, 0) is 38.2 Å². The van der Waals surface area contributed by atoms with E-state index in [0.717, 1.165) is 23.7 Å². The molecular formula is C16H22N7S+. The van der Waals surface area contributed by atoms with Crippen LogP contribution in [0.5, 0.6) is 0 Å². The second-order valence-electron chi connectivity index (χ2n) is 5.86. The fraction of sp³-hybridized carbons (Fsp3) is 0.375. The molecule has 0 aliphatic heterocycles. The van der Waals surface area contributed by atoms with Crippen molar-refractivity contribution >= 4 is 12.2 Å². The second kappa shape index (κ2) is 7.06. The third kappa shape index (κ3) is 3.29. The van der Waals surface area contributed by atoms with Crippen LogP contribution in [0, 0.1) is 4.77 Å². The Kier molecular flexibility index (Phi) is 4.86. The zero-order chi connectivity index (χ0) is 17.1. The fourth-order valence-electron chi connectivity index (χ4n) is 2.61. The van der Waals surface area contributed by atoms with Gasteiger partial charge in [0.1, 0.15) is 25.0 Å². The number of aryl methyl sites for hydroxylation is 1. The normalized spacial score (nSPS) is 13.8. The van der Waals surface area contributed by atoms with E-state index < -0.39 is 0 Å². The molecule has 24 heavy (non-hydrogen) atoms. The van der Waals surface area contributed by atoms with Gasteiger partial charge >= 0.3 is 0 Å². The van der Waals surface area contributed by atoms with E-state index in [1.54, 1.807) is 17.3 Å². The first-order chi connectivity index (χ1) is 11.6. The Labute approximate surface area is 146 Å². The first-order valence-electron chi connectivity index (χ1n) is 7.99. The van der Waals surface area contributed by atoms with E-state index >= 15 is 0 Å². The molecule has 1 unspecified atom stereocenters. The summed E-state index contributed by atoms with van der Waals surface area (Å²) in [6.07, 6.45) is 5.03. The van der Waals surface area contributed by atoms with Crippen LogP contribution in [0.15, 0.2) is 43.2 Å². The average molecular weight is 344 g/mol. The molecule has 3 aromatic rings. The topological polar surface area (TPSA) is 57.9 Å². The number of nitrogens with one attached hydrogen (secondary N) is 1. The first kappa shape index (κ1) is 16.5. The Morgan fingerprint density at radius 3 is 2.50 bits per heavy atom. The van der Waals surface area contributed by atoms with Crippen molar-refractivity contribution < 1.29 is 4.90 Å². The lowest BCUT2D eigenvalue weighted by atomic mass is 10.1. The summed E-state index contributed by atoms with van der Waals surface area (Å²) in [5, 5.41) is 8.53. The average Bonchev–Trinajstić information content (AvgIpc) is 3.25. The van der Waals surface area contributed by atoms with E-state index in [-0.39, 0.29) is 0 Å². The summed E-state index contributed by atoms with van der Waals surface area (Å²) < 4.78 is 6.38. The Hall–Kier alpha value is -2.32. The number of rotatable bonds is 6. The Morgan fingerprint density at radius 1 is 1.17 bits per heavy atom. The lowest BCUT2D eigenvalue weighted by Crippen LogP contribution is -3.08. The van der Waals surface area contributed by atoms with Gasteiger partial charge in [0.25, 0.3) is 0 Å². The van der Waals surface area contributed by atoms with Gasteiger partial charge < -0.3 is 9.47 Å². The molecule has 1 aromatic carbocycles. The lowest BCUT2D eigenvalue weighted by molar-refractivity contribution is -0.933. The molecule has 7 nitrogen and oxygen atoms in total. The van der Waals surface area contributed by atoms with Crippen molar-refractivity contribution in [2.24, 2.45) is 0 Å². The van der Waals surface area contributed by atoms with Crippen molar-refractivity contribution in [1.82, 2.24) is 29.1 Å². The van der Waals surface area contributed by atoms with Crippen LogP contribution in [0.4, 0.5) is 0 Å². The minimum Gasteiger partial charge on any atom is -0.313 e. The molecule has 2 heterocycles. The SMILES string of the molecule is CCn1cnn(C[NH+](C)[C@H](C)c2ccc(-n3cncn3)cc2)c1=S. The van der Waals surface area contributed by atoms with Crippen LogP contribution in [0.2, 0.25) is 0 Å². The van der Waals surface area contributed by atoms with E-state index in [1.807, 2.05) is 9.25 Å². The van der Waals surface area contributed by atoms with Crippen LogP contribution < -0.4 is 4.90 Å². The van der Waals surface area contributed by atoms with E-state index in [4.69, 9.17) is 12.2 Å². The van der Waals surface area contributed by atoms with Gasteiger partial charge in [-0.15, -0.1) is 0 Å². The van der Waals surface area contributed by atoms with Gasteiger partial charge in [0, 0.05) is 12.1 Å². The van der Waals surface area contributed by atoms with Crippen LogP contribution >= 0.6 is 12.2 Å². The quantitative estimate of drug-likeness (QED) is 0.684. The van der Waals surface area contributed by atoms with Gasteiger partial charge in [0.15, 0.2) is 6.67 Å². The van der Waals surface area contributed by atoms with Crippen LogP contribution in [0.3, 0.4) is 0 Å². The maximum Gasteiger partial charge on any atom is 0.202 e. The molecule has 0 aliphatic carbocycles. The molecule has 0 amide bonds. The van der Waals surface area contributed by atoms with Gasteiger partial charge in [-0.25, -0.2) is 9.67 Å². The number of nitrogens with zero attached hydrogens (tertiary/aromatic N) is 6. The number of quaternary nitrogens is 1. The molecule has 0 saturated heterocycles. The summed E-state index contributed by atoms with van der Waals surface area (Å²) in [6, 6.07) is 8.71. The summed E-state index contributed by atoms with van der Waals surface area (Å²) in [5.41, 5.74) is 2.27. The highest BCUT2D eigenvalue weighted by atomic mass is 32.1. The Bertz CT molecular complexity index is 832. The van der Waals surface area contributed by atoms with Crippen LogP contribution in [0.1, 0.15) is 25.5 Å². The monoisotopic (exact) mass is 344 g/mol.